The topological polar surface area (TPSA) is 84.3 Å². The van der Waals surface area contributed by atoms with Crippen LogP contribution in [0.5, 0.6) is 0 Å². The Kier molecular flexibility index (Phi) is 3.35. The number of rotatable bonds is 1. The van der Waals surface area contributed by atoms with Crippen molar-refractivity contribution in [2.75, 3.05) is 5.75 Å². The predicted octanol–water partition coefficient (Wildman–Crippen LogP) is 2.71. The minimum atomic E-state index is -3.31. The molecule has 1 aliphatic heterocycles. The summed E-state index contributed by atoms with van der Waals surface area (Å²) in [5.74, 6) is -1.58. The monoisotopic (exact) mass is 345 g/mol. The van der Waals surface area contributed by atoms with Crippen LogP contribution >= 0.6 is 23.2 Å². The van der Waals surface area contributed by atoms with Crippen LogP contribution in [0.3, 0.4) is 0 Å². The summed E-state index contributed by atoms with van der Waals surface area (Å²) >= 11 is 12.0. The number of hydrogen-bond donors (Lipinski definition) is 1. The number of pyridine rings is 1. The molecule has 2 heterocycles. The van der Waals surface area contributed by atoms with Crippen molar-refractivity contribution >= 4 is 49.9 Å². The van der Waals surface area contributed by atoms with Crippen LogP contribution in [0.15, 0.2) is 12.1 Å². The highest BCUT2D eigenvalue weighted by molar-refractivity contribution is 7.90. The molecule has 0 atom stereocenters. The Bertz CT molecular complexity index is 893. The van der Waals surface area contributed by atoms with Crippen LogP contribution in [0.1, 0.15) is 21.6 Å². The summed E-state index contributed by atoms with van der Waals surface area (Å²) in [5, 5.41) is 10.3. The Labute approximate surface area is 130 Å². The number of benzene rings is 1. The van der Waals surface area contributed by atoms with Gasteiger partial charge >= 0.3 is 5.97 Å². The van der Waals surface area contributed by atoms with E-state index in [0.717, 1.165) is 0 Å². The van der Waals surface area contributed by atoms with Crippen LogP contribution in [0, 0.1) is 0 Å². The van der Waals surface area contributed by atoms with E-state index in [-0.39, 0.29) is 44.5 Å². The first-order chi connectivity index (χ1) is 9.78. The van der Waals surface area contributed by atoms with Gasteiger partial charge < -0.3 is 5.11 Å². The van der Waals surface area contributed by atoms with Crippen molar-refractivity contribution in [2.24, 2.45) is 0 Å². The third-order valence-electron chi connectivity index (χ3n) is 3.42. The molecule has 1 N–H and O–H groups in total. The second kappa shape index (κ2) is 4.83. The van der Waals surface area contributed by atoms with Gasteiger partial charge in [-0.3, -0.25) is 4.98 Å². The minimum Gasteiger partial charge on any atom is -0.478 e. The summed E-state index contributed by atoms with van der Waals surface area (Å²) in [6, 6.07) is 2.93. The molecule has 21 heavy (non-hydrogen) atoms. The molecule has 110 valence electrons. The molecular weight excluding hydrogens is 337 g/mol. The first-order valence-electron chi connectivity index (χ1n) is 6.03. The van der Waals surface area contributed by atoms with Gasteiger partial charge in [-0.1, -0.05) is 23.2 Å². The molecule has 0 unspecified atom stereocenters. The summed E-state index contributed by atoms with van der Waals surface area (Å²) in [5.41, 5.74) is 0.956. The molecule has 1 aromatic heterocycles. The fourth-order valence-corrected chi connectivity index (χ4v) is 4.47. The normalized spacial score (nSPS) is 16.7. The fraction of sp³-hybridized carbons (Fsp3) is 0.231. The molecule has 1 aliphatic rings. The number of carboxylic acid groups (broad SMARTS) is 1. The summed E-state index contributed by atoms with van der Waals surface area (Å²) in [4.78, 5) is 16.0. The largest absolute Gasteiger partial charge is 0.478 e. The van der Waals surface area contributed by atoms with Crippen molar-refractivity contribution in [1.29, 1.82) is 0 Å². The molecular formula is C13H9Cl2NO4S. The van der Waals surface area contributed by atoms with Gasteiger partial charge in [-0.15, -0.1) is 0 Å². The van der Waals surface area contributed by atoms with E-state index in [2.05, 4.69) is 4.98 Å². The van der Waals surface area contributed by atoms with Gasteiger partial charge in [-0.2, -0.15) is 0 Å². The number of aromatic carboxylic acids is 1. The van der Waals surface area contributed by atoms with E-state index in [1.807, 2.05) is 0 Å². The maximum Gasteiger partial charge on any atom is 0.336 e. The quantitative estimate of drug-likeness (QED) is 0.858. The third kappa shape index (κ3) is 2.47. The van der Waals surface area contributed by atoms with Crippen LogP contribution in [0.4, 0.5) is 0 Å². The van der Waals surface area contributed by atoms with Gasteiger partial charge in [0.15, 0.2) is 9.84 Å². The van der Waals surface area contributed by atoms with Crippen molar-refractivity contribution in [3.05, 3.63) is 39.0 Å². The number of fused-ring (bicyclic) bond motifs is 2. The number of carbonyl (C=O) groups is 1. The highest BCUT2D eigenvalue weighted by atomic mass is 35.5. The van der Waals surface area contributed by atoms with E-state index in [0.29, 0.717) is 11.2 Å². The van der Waals surface area contributed by atoms with Gasteiger partial charge in [0.25, 0.3) is 0 Å². The van der Waals surface area contributed by atoms with E-state index in [1.54, 1.807) is 0 Å². The molecule has 0 bridgehead atoms. The van der Waals surface area contributed by atoms with Crippen molar-refractivity contribution in [2.45, 2.75) is 12.2 Å². The zero-order valence-corrected chi connectivity index (χ0v) is 12.9. The number of aryl methyl sites for hydroxylation is 1. The zero-order valence-electron chi connectivity index (χ0n) is 10.6. The molecule has 8 heteroatoms. The fourth-order valence-electron chi connectivity index (χ4n) is 2.53. The number of aromatic nitrogens is 1. The summed E-state index contributed by atoms with van der Waals surface area (Å²) in [6.45, 7) is 0. The molecule has 1 aromatic carbocycles. The van der Waals surface area contributed by atoms with Crippen LogP contribution < -0.4 is 0 Å². The highest BCUT2D eigenvalue weighted by Gasteiger charge is 2.29. The molecule has 5 nitrogen and oxygen atoms in total. The standard InChI is InChI=1S/C13H9Cl2NO4S/c14-6-3-7-11(13(17)18)8-5-21(19,20)2-1-10(8)16-12(7)9(15)4-6/h3-4H,1-2,5H2,(H,17,18). The van der Waals surface area contributed by atoms with E-state index >= 15 is 0 Å². The average Bonchev–Trinajstić information content (AvgIpc) is 2.35. The summed E-state index contributed by atoms with van der Waals surface area (Å²) in [7, 11) is -3.31. The van der Waals surface area contributed by atoms with Crippen molar-refractivity contribution < 1.29 is 18.3 Å². The number of carboxylic acids is 1. The maximum atomic E-state index is 11.8. The second-order valence-corrected chi connectivity index (χ2v) is 7.87. The Morgan fingerprint density at radius 3 is 2.67 bits per heavy atom. The highest BCUT2D eigenvalue weighted by Crippen LogP contribution is 2.34. The van der Waals surface area contributed by atoms with Gasteiger partial charge in [0.2, 0.25) is 0 Å². The second-order valence-electron chi connectivity index (χ2n) is 4.84. The molecule has 2 aromatic rings. The number of halogens is 2. The molecule has 0 saturated heterocycles. The SMILES string of the molecule is O=C(O)c1c2c(nc3c(Cl)cc(Cl)cc13)CCS(=O)(=O)C2. The van der Waals surface area contributed by atoms with Gasteiger partial charge in [0.05, 0.1) is 27.6 Å². The Morgan fingerprint density at radius 2 is 2.00 bits per heavy atom. The first kappa shape index (κ1) is 14.6. The van der Waals surface area contributed by atoms with Gasteiger partial charge in [0.1, 0.15) is 0 Å². The Hall–Kier alpha value is -1.37. The van der Waals surface area contributed by atoms with Crippen molar-refractivity contribution in [3.8, 4) is 0 Å². The third-order valence-corrected chi connectivity index (χ3v) is 5.48. The van der Waals surface area contributed by atoms with E-state index in [4.69, 9.17) is 23.2 Å². The maximum absolute atomic E-state index is 11.8. The van der Waals surface area contributed by atoms with Crippen LogP contribution in [-0.4, -0.2) is 30.2 Å². The molecule has 0 fully saturated rings. The Morgan fingerprint density at radius 1 is 1.29 bits per heavy atom. The van der Waals surface area contributed by atoms with E-state index < -0.39 is 15.8 Å². The van der Waals surface area contributed by atoms with E-state index in [9.17, 15) is 18.3 Å². The van der Waals surface area contributed by atoms with Crippen molar-refractivity contribution in [1.82, 2.24) is 4.98 Å². The lowest BCUT2D eigenvalue weighted by molar-refractivity contribution is 0.0698. The summed E-state index contributed by atoms with van der Waals surface area (Å²) in [6.07, 6.45) is 0.187. The van der Waals surface area contributed by atoms with E-state index in [1.165, 1.54) is 12.1 Å². The van der Waals surface area contributed by atoms with Crippen LogP contribution in [0.25, 0.3) is 10.9 Å². The lowest BCUT2D eigenvalue weighted by Gasteiger charge is -2.19. The number of nitrogens with zero attached hydrogens (tertiary/aromatic N) is 1. The minimum absolute atomic E-state index is 0.0389. The van der Waals surface area contributed by atoms with Gasteiger partial charge in [0, 0.05) is 28.1 Å². The molecule has 0 saturated carbocycles. The van der Waals surface area contributed by atoms with Crippen LogP contribution in [-0.2, 0) is 22.0 Å². The Balaban J connectivity index is 2.46. The summed E-state index contributed by atoms with van der Waals surface area (Å²) < 4.78 is 23.6. The average molecular weight is 346 g/mol. The van der Waals surface area contributed by atoms with Gasteiger partial charge in [-0.05, 0) is 12.1 Å². The molecule has 0 spiro atoms. The molecule has 3 rings (SSSR count). The lowest BCUT2D eigenvalue weighted by atomic mass is 10.00. The molecule has 0 radical (unpaired) electrons. The van der Waals surface area contributed by atoms with Crippen molar-refractivity contribution in [3.63, 3.8) is 0 Å². The molecule has 0 aliphatic carbocycles. The lowest BCUT2D eigenvalue weighted by Crippen LogP contribution is -2.23. The van der Waals surface area contributed by atoms with Gasteiger partial charge in [-0.25, -0.2) is 13.2 Å². The molecule has 0 amide bonds. The predicted molar refractivity (Wildman–Crippen MR) is 79.9 cm³/mol. The number of sulfone groups is 1. The number of hydrogen-bond acceptors (Lipinski definition) is 4. The zero-order chi connectivity index (χ0) is 15.4. The first-order valence-corrected chi connectivity index (χ1v) is 8.60. The smallest absolute Gasteiger partial charge is 0.336 e. The van der Waals surface area contributed by atoms with Crippen LogP contribution in [0.2, 0.25) is 10.0 Å².